The van der Waals surface area contributed by atoms with Crippen LogP contribution >= 0.6 is 0 Å². The van der Waals surface area contributed by atoms with Crippen molar-refractivity contribution in [3.8, 4) is 0 Å². The summed E-state index contributed by atoms with van der Waals surface area (Å²) in [6, 6.07) is 18.8. The number of carbonyl (C=O) groups excluding carboxylic acids is 2. The van der Waals surface area contributed by atoms with Crippen molar-refractivity contribution in [2.75, 3.05) is 11.4 Å². The number of hydrogen-bond acceptors (Lipinski definition) is 3. The van der Waals surface area contributed by atoms with Crippen molar-refractivity contribution in [2.24, 2.45) is 0 Å². The van der Waals surface area contributed by atoms with Crippen LogP contribution in [0.25, 0.3) is 4.85 Å². The van der Waals surface area contributed by atoms with E-state index in [0.717, 1.165) is 5.56 Å². The largest absolute Gasteiger partial charge is 0.348 e. The highest BCUT2D eigenvalue weighted by Gasteiger charge is 2.30. The highest BCUT2D eigenvalue weighted by atomic mass is 32.2. The molecule has 6 nitrogen and oxygen atoms in total. The smallest absolute Gasteiger partial charge is 0.259 e. The highest BCUT2D eigenvalue weighted by Crippen LogP contribution is 2.35. The molecule has 1 heterocycles. The molecule has 31 heavy (non-hydrogen) atoms. The van der Waals surface area contributed by atoms with Gasteiger partial charge in [0.1, 0.15) is 0 Å². The normalized spacial score (nSPS) is 14.8. The number of carbonyl (C=O) groups is 2. The van der Waals surface area contributed by atoms with Crippen molar-refractivity contribution in [1.82, 2.24) is 5.32 Å². The Morgan fingerprint density at radius 3 is 2.52 bits per heavy atom. The second-order valence-corrected chi connectivity index (χ2v) is 8.37. The van der Waals surface area contributed by atoms with Gasteiger partial charge in [-0.15, -0.1) is 0 Å². The van der Waals surface area contributed by atoms with E-state index in [-0.39, 0.29) is 11.8 Å². The predicted molar refractivity (Wildman–Crippen MR) is 119 cm³/mol. The van der Waals surface area contributed by atoms with Crippen molar-refractivity contribution in [1.29, 1.82) is 0 Å². The third kappa shape index (κ3) is 3.86. The summed E-state index contributed by atoms with van der Waals surface area (Å²) in [7, 11) is -1.53. The average molecular weight is 430 g/mol. The van der Waals surface area contributed by atoms with Crippen molar-refractivity contribution in [2.45, 2.75) is 23.3 Å². The molecule has 4 rings (SSSR count). The van der Waals surface area contributed by atoms with Crippen LogP contribution in [0, 0.1) is 6.57 Å². The van der Waals surface area contributed by atoms with Gasteiger partial charge in [-0.2, -0.15) is 0 Å². The molecule has 1 aliphatic heterocycles. The number of rotatable bonds is 4. The van der Waals surface area contributed by atoms with E-state index in [1.165, 1.54) is 0 Å². The number of benzene rings is 3. The predicted octanol–water partition coefficient (Wildman–Crippen LogP) is 4.31. The quantitative estimate of drug-likeness (QED) is 0.628. The van der Waals surface area contributed by atoms with Crippen molar-refractivity contribution in [3.05, 3.63) is 94.8 Å². The Morgan fingerprint density at radius 1 is 1.06 bits per heavy atom. The molecule has 3 aromatic carbocycles. The molecule has 2 amide bonds. The van der Waals surface area contributed by atoms with Gasteiger partial charge in [0, 0.05) is 18.7 Å². The van der Waals surface area contributed by atoms with Crippen LogP contribution in [0.4, 0.5) is 11.4 Å². The van der Waals surface area contributed by atoms with Crippen LogP contribution in [0.3, 0.4) is 0 Å². The fourth-order valence-electron chi connectivity index (χ4n) is 3.49. The lowest BCUT2D eigenvalue weighted by molar-refractivity contribution is 0.0947. The Bertz CT molecular complexity index is 1250. The first-order chi connectivity index (χ1) is 15.0. The molecule has 1 N–H and O–H groups in total. The Morgan fingerprint density at radius 2 is 1.81 bits per heavy atom. The number of fused-ring (bicyclic) bond motifs is 2. The third-order valence-corrected chi connectivity index (χ3v) is 6.61. The van der Waals surface area contributed by atoms with Crippen LogP contribution in [-0.4, -0.2) is 22.6 Å². The Labute approximate surface area is 182 Å². The molecule has 7 heteroatoms. The van der Waals surface area contributed by atoms with E-state index in [4.69, 9.17) is 6.57 Å². The molecule has 0 saturated carbocycles. The molecule has 0 unspecified atom stereocenters. The Hall–Kier alpha value is -3.76. The molecule has 0 radical (unpaired) electrons. The van der Waals surface area contributed by atoms with Gasteiger partial charge in [-0.05, 0) is 42.8 Å². The van der Waals surface area contributed by atoms with Gasteiger partial charge in [0.2, 0.25) is 0 Å². The minimum absolute atomic E-state index is 0.234. The van der Waals surface area contributed by atoms with E-state index in [9.17, 15) is 13.8 Å². The van der Waals surface area contributed by atoms with Crippen molar-refractivity contribution in [3.63, 3.8) is 0 Å². The minimum atomic E-state index is -1.53. The molecule has 0 aromatic heterocycles. The fraction of sp³-hybridized carbons (Fsp3) is 0.125. The van der Waals surface area contributed by atoms with Crippen molar-refractivity contribution >= 4 is 34.0 Å². The molecule has 1 atom stereocenters. The maximum atomic E-state index is 13.2. The number of anilines is 1. The number of nitrogens with zero attached hydrogens (tertiary/aromatic N) is 2. The summed E-state index contributed by atoms with van der Waals surface area (Å²) in [6.45, 7) is 9.54. The second kappa shape index (κ2) is 8.54. The van der Waals surface area contributed by atoms with Gasteiger partial charge in [-0.25, -0.2) is 9.05 Å². The SMILES string of the molecule is [C-]#[N+]c1ccc(CNC(=O)c2ccc3c(c2)N(CC)C(=O)c2ccccc2[S@]3=O)cc1. The zero-order valence-electron chi connectivity index (χ0n) is 16.8. The Balaban J connectivity index is 1.63. The maximum Gasteiger partial charge on any atom is 0.259 e. The molecular formula is C24H19N3O3S. The molecule has 1 aliphatic rings. The van der Waals surface area contributed by atoms with Gasteiger partial charge in [0.25, 0.3) is 11.8 Å². The standard InChI is InChI=1S/C24H19N3O3S/c1-3-27-20-14-17(23(28)26-15-16-8-11-18(25-2)12-9-16)10-13-22(20)31(30)21-7-5-4-6-19(21)24(27)29/h4-14H,3,15H2,1H3,(H,26,28)/t31-/m1/s1. The lowest BCUT2D eigenvalue weighted by atomic mass is 10.1. The summed E-state index contributed by atoms with van der Waals surface area (Å²) in [4.78, 5) is 31.7. The topological polar surface area (TPSA) is 70.8 Å². The molecule has 0 fully saturated rings. The first kappa shape index (κ1) is 20.5. The number of hydrogen-bond donors (Lipinski definition) is 1. The van der Waals surface area contributed by atoms with E-state index in [0.29, 0.717) is 45.4 Å². The minimum Gasteiger partial charge on any atom is -0.348 e. The molecule has 154 valence electrons. The van der Waals surface area contributed by atoms with Gasteiger partial charge in [-0.3, -0.25) is 9.59 Å². The second-order valence-electron chi connectivity index (χ2n) is 6.96. The lowest BCUT2D eigenvalue weighted by Gasteiger charge is -2.21. The highest BCUT2D eigenvalue weighted by molar-refractivity contribution is 7.85. The van der Waals surface area contributed by atoms with Gasteiger partial charge >= 0.3 is 0 Å². The molecule has 0 spiro atoms. The fourth-order valence-corrected chi connectivity index (χ4v) is 4.84. The number of nitrogens with one attached hydrogen (secondary N) is 1. The molecule has 0 saturated heterocycles. The molecule has 3 aromatic rings. The third-order valence-electron chi connectivity index (χ3n) is 5.11. The average Bonchev–Trinajstić information content (AvgIpc) is 2.90. The van der Waals surface area contributed by atoms with E-state index in [1.807, 2.05) is 6.92 Å². The first-order valence-corrected chi connectivity index (χ1v) is 10.9. The zero-order valence-corrected chi connectivity index (χ0v) is 17.6. The van der Waals surface area contributed by atoms with Crippen LogP contribution in [0.15, 0.2) is 76.5 Å². The monoisotopic (exact) mass is 429 g/mol. The van der Waals surface area contributed by atoms with Crippen molar-refractivity contribution < 1.29 is 13.8 Å². The van der Waals surface area contributed by atoms with Crippen LogP contribution in [0.1, 0.15) is 33.2 Å². The van der Waals surface area contributed by atoms with Gasteiger partial charge in [-0.1, -0.05) is 36.4 Å². The van der Waals surface area contributed by atoms with E-state index in [2.05, 4.69) is 10.2 Å². The van der Waals surface area contributed by atoms with E-state index >= 15 is 0 Å². The van der Waals surface area contributed by atoms with Gasteiger partial charge in [0.05, 0.1) is 38.4 Å². The maximum absolute atomic E-state index is 13.2. The van der Waals surface area contributed by atoms with Gasteiger partial charge < -0.3 is 10.2 Å². The van der Waals surface area contributed by atoms with Crippen LogP contribution in [0.2, 0.25) is 0 Å². The summed E-state index contributed by atoms with van der Waals surface area (Å²) in [5, 5.41) is 2.85. The summed E-state index contributed by atoms with van der Waals surface area (Å²) < 4.78 is 13.2. The summed E-state index contributed by atoms with van der Waals surface area (Å²) in [6.07, 6.45) is 0. The molecule has 0 bridgehead atoms. The number of amides is 2. The van der Waals surface area contributed by atoms with Crippen LogP contribution < -0.4 is 10.2 Å². The molecule has 0 aliphatic carbocycles. The zero-order chi connectivity index (χ0) is 22.0. The Kier molecular flexibility index (Phi) is 5.65. The lowest BCUT2D eigenvalue weighted by Crippen LogP contribution is -2.31. The summed E-state index contributed by atoms with van der Waals surface area (Å²) in [5.41, 5.74) is 2.69. The molecular weight excluding hydrogens is 410 g/mol. The van der Waals surface area contributed by atoms with E-state index < -0.39 is 10.8 Å². The van der Waals surface area contributed by atoms with E-state index in [1.54, 1.807) is 71.6 Å². The first-order valence-electron chi connectivity index (χ1n) is 9.74. The summed E-state index contributed by atoms with van der Waals surface area (Å²) in [5.74, 6) is -0.532. The summed E-state index contributed by atoms with van der Waals surface area (Å²) >= 11 is 0. The van der Waals surface area contributed by atoms with Crippen LogP contribution in [-0.2, 0) is 17.3 Å². The van der Waals surface area contributed by atoms with Crippen LogP contribution in [0.5, 0.6) is 0 Å². The van der Waals surface area contributed by atoms with Gasteiger partial charge in [0.15, 0.2) is 5.69 Å².